The zero-order valence-corrected chi connectivity index (χ0v) is 13.0. The lowest BCUT2D eigenvalue weighted by atomic mass is 10.1. The Balaban J connectivity index is 2.23. The fourth-order valence-corrected chi connectivity index (χ4v) is 3.68. The quantitative estimate of drug-likeness (QED) is 0.615. The molecule has 0 unspecified atom stereocenters. The summed E-state index contributed by atoms with van der Waals surface area (Å²) in [6.07, 6.45) is 2.55. The maximum absolute atomic E-state index is 12.6. The van der Waals surface area contributed by atoms with E-state index in [1.54, 1.807) is 19.2 Å². The van der Waals surface area contributed by atoms with E-state index in [9.17, 15) is 13.2 Å². The molecule has 0 fully saturated rings. The molecule has 2 rings (SSSR count). The molecule has 0 spiro atoms. The van der Waals surface area contributed by atoms with Crippen LogP contribution in [0.4, 0.5) is 0 Å². The molecule has 0 saturated heterocycles. The van der Waals surface area contributed by atoms with Crippen molar-refractivity contribution in [2.45, 2.75) is 18.2 Å². The normalized spacial score (nSPS) is 16.6. The van der Waals surface area contributed by atoms with Crippen molar-refractivity contribution in [2.24, 2.45) is 0 Å². The van der Waals surface area contributed by atoms with Crippen LogP contribution < -0.4 is 0 Å². The lowest BCUT2D eigenvalue weighted by Crippen LogP contribution is -2.35. The molecule has 0 N–H and O–H groups in total. The molecule has 1 aliphatic heterocycles. The predicted octanol–water partition coefficient (Wildman–Crippen LogP) is 1.86. The Bertz CT molecular complexity index is 664. The Hall–Kier alpha value is -1.50. The lowest BCUT2D eigenvalue weighted by Gasteiger charge is -2.25. The van der Waals surface area contributed by atoms with Crippen molar-refractivity contribution < 1.29 is 17.9 Å². The van der Waals surface area contributed by atoms with Crippen LogP contribution in [0.3, 0.4) is 0 Å². The third-order valence-corrected chi connectivity index (χ3v) is 5.34. The molecule has 0 atom stereocenters. The second-order valence-electron chi connectivity index (χ2n) is 4.99. The molecule has 0 aliphatic carbocycles. The lowest BCUT2D eigenvalue weighted by molar-refractivity contribution is 0.101. The van der Waals surface area contributed by atoms with Gasteiger partial charge in [0, 0.05) is 25.8 Å². The Labute approximate surface area is 125 Å². The SMILES string of the molecule is COCC1=CCN(S(=O)(=O)c2cccc(C(C)=O)c2)CC1. The van der Waals surface area contributed by atoms with Crippen molar-refractivity contribution in [3.63, 3.8) is 0 Å². The van der Waals surface area contributed by atoms with Crippen LogP contribution in [0.2, 0.25) is 0 Å². The van der Waals surface area contributed by atoms with Gasteiger partial charge in [-0.05, 0) is 31.1 Å². The summed E-state index contributed by atoms with van der Waals surface area (Å²) in [7, 11) is -1.94. The molecule has 1 aromatic carbocycles. The fraction of sp³-hybridized carbons (Fsp3) is 0.400. The van der Waals surface area contributed by atoms with Crippen molar-refractivity contribution in [2.75, 3.05) is 26.8 Å². The summed E-state index contributed by atoms with van der Waals surface area (Å²) in [5.74, 6) is -0.145. The highest BCUT2D eigenvalue weighted by atomic mass is 32.2. The topological polar surface area (TPSA) is 63.7 Å². The van der Waals surface area contributed by atoms with Crippen molar-refractivity contribution in [3.8, 4) is 0 Å². The zero-order chi connectivity index (χ0) is 15.5. The van der Waals surface area contributed by atoms with Gasteiger partial charge in [-0.2, -0.15) is 4.31 Å². The van der Waals surface area contributed by atoms with Gasteiger partial charge >= 0.3 is 0 Å². The maximum atomic E-state index is 12.6. The zero-order valence-electron chi connectivity index (χ0n) is 12.2. The molecule has 0 radical (unpaired) electrons. The number of methoxy groups -OCH3 is 1. The van der Waals surface area contributed by atoms with Crippen molar-refractivity contribution in [3.05, 3.63) is 41.5 Å². The van der Waals surface area contributed by atoms with E-state index in [0.717, 1.165) is 5.57 Å². The van der Waals surface area contributed by atoms with E-state index in [4.69, 9.17) is 4.74 Å². The molecule has 0 bridgehead atoms. The van der Waals surface area contributed by atoms with Crippen LogP contribution in [0, 0.1) is 0 Å². The molecule has 1 heterocycles. The summed E-state index contributed by atoms with van der Waals surface area (Å²) in [6.45, 7) is 2.73. The monoisotopic (exact) mass is 309 g/mol. The second-order valence-corrected chi connectivity index (χ2v) is 6.93. The Kier molecular flexibility index (Phi) is 4.92. The van der Waals surface area contributed by atoms with E-state index in [0.29, 0.717) is 31.7 Å². The highest BCUT2D eigenvalue weighted by Crippen LogP contribution is 2.21. The summed E-state index contributed by atoms with van der Waals surface area (Å²) in [5.41, 5.74) is 1.52. The van der Waals surface area contributed by atoms with Gasteiger partial charge in [-0.15, -0.1) is 0 Å². The van der Waals surface area contributed by atoms with Crippen LogP contribution >= 0.6 is 0 Å². The number of rotatable bonds is 5. The third-order valence-electron chi connectivity index (χ3n) is 3.47. The van der Waals surface area contributed by atoms with Crippen LogP contribution in [0.1, 0.15) is 23.7 Å². The number of sulfonamides is 1. The summed E-state index contributed by atoms with van der Waals surface area (Å²) in [4.78, 5) is 11.5. The van der Waals surface area contributed by atoms with E-state index < -0.39 is 10.0 Å². The number of ketones is 1. The van der Waals surface area contributed by atoms with E-state index in [1.165, 1.54) is 23.4 Å². The minimum Gasteiger partial charge on any atom is -0.380 e. The van der Waals surface area contributed by atoms with Crippen molar-refractivity contribution in [1.29, 1.82) is 0 Å². The Morgan fingerprint density at radius 1 is 1.38 bits per heavy atom. The predicted molar refractivity (Wildman–Crippen MR) is 79.8 cm³/mol. The van der Waals surface area contributed by atoms with E-state index in [-0.39, 0.29) is 10.7 Å². The first-order valence-electron chi connectivity index (χ1n) is 6.73. The summed E-state index contributed by atoms with van der Waals surface area (Å²) < 4.78 is 31.6. The van der Waals surface area contributed by atoms with Crippen molar-refractivity contribution >= 4 is 15.8 Å². The van der Waals surface area contributed by atoms with Gasteiger partial charge in [0.05, 0.1) is 11.5 Å². The molecule has 114 valence electrons. The molecule has 1 aliphatic rings. The van der Waals surface area contributed by atoms with Crippen LogP contribution in [-0.2, 0) is 14.8 Å². The second kappa shape index (κ2) is 6.51. The van der Waals surface area contributed by atoms with Crippen LogP contribution in [-0.4, -0.2) is 45.3 Å². The van der Waals surface area contributed by atoms with Crippen molar-refractivity contribution in [1.82, 2.24) is 4.31 Å². The minimum atomic E-state index is -3.56. The number of hydrogen-bond acceptors (Lipinski definition) is 4. The van der Waals surface area contributed by atoms with Gasteiger partial charge < -0.3 is 4.74 Å². The Morgan fingerprint density at radius 2 is 2.14 bits per heavy atom. The van der Waals surface area contributed by atoms with Gasteiger partial charge in [0.15, 0.2) is 5.78 Å². The van der Waals surface area contributed by atoms with Gasteiger partial charge in [0.2, 0.25) is 10.0 Å². The smallest absolute Gasteiger partial charge is 0.243 e. The van der Waals surface area contributed by atoms with Crippen LogP contribution in [0.5, 0.6) is 0 Å². The summed E-state index contributed by atoms with van der Waals surface area (Å²) in [6, 6.07) is 6.18. The largest absolute Gasteiger partial charge is 0.380 e. The van der Waals surface area contributed by atoms with Gasteiger partial charge in [-0.25, -0.2) is 8.42 Å². The van der Waals surface area contributed by atoms with Crippen LogP contribution in [0.15, 0.2) is 40.8 Å². The highest BCUT2D eigenvalue weighted by molar-refractivity contribution is 7.89. The van der Waals surface area contributed by atoms with Gasteiger partial charge in [-0.1, -0.05) is 18.2 Å². The first kappa shape index (κ1) is 15.9. The number of hydrogen-bond donors (Lipinski definition) is 0. The van der Waals surface area contributed by atoms with E-state index >= 15 is 0 Å². The number of nitrogens with zero attached hydrogens (tertiary/aromatic N) is 1. The molecule has 0 aromatic heterocycles. The fourth-order valence-electron chi connectivity index (χ4n) is 2.25. The Morgan fingerprint density at radius 3 is 2.71 bits per heavy atom. The molecule has 1 aromatic rings. The van der Waals surface area contributed by atoms with Gasteiger partial charge in [0.1, 0.15) is 0 Å². The third kappa shape index (κ3) is 3.58. The van der Waals surface area contributed by atoms with Gasteiger partial charge in [0.25, 0.3) is 0 Å². The molecule has 0 amide bonds. The van der Waals surface area contributed by atoms with Crippen LogP contribution in [0.25, 0.3) is 0 Å². The molecular weight excluding hydrogens is 290 g/mol. The summed E-state index contributed by atoms with van der Waals surface area (Å²) in [5, 5.41) is 0. The molecule has 5 nitrogen and oxygen atoms in total. The number of Topliss-reactive ketones (excluding diaryl/α,β-unsaturated/α-hetero) is 1. The average molecular weight is 309 g/mol. The first-order valence-corrected chi connectivity index (χ1v) is 8.17. The standard InChI is InChI=1S/C15H19NO4S/c1-12(17)14-4-3-5-15(10-14)21(18,19)16-8-6-13(7-9-16)11-20-2/h3-6,10H,7-9,11H2,1-2H3. The first-order chi connectivity index (χ1) is 9.95. The van der Waals surface area contributed by atoms with E-state index in [1.807, 2.05) is 6.08 Å². The number of benzene rings is 1. The average Bonchev–Trinajstić information content (AvgIpc) is 2.48. The number of carbonyl (C=O) groups excluding carboxylic acids is 1. The number of carbonyl (C=O) groups is 1. The molecular formula is C15H19NO4S. The summed E-state index contributed by atoms with van der Waals surface area (Å²) >= 11 is 0. The van der Waals surface area contributed by atoms with Gasteiger partial charge in [-0.3, -0.25) is 4.79 Å². The molecule has 6 heteroatoms. The molecule has 21 heavy (non-hydrogen) atoms. The number of ether oxygens (including phenoxy) is 1. The molecule has 0 saturated carbocycles. The highest BCUT2D eigenvalue weighted by Gasteiger charge is 2.26. The van der Waals surface area contributed by atoms with E-state index in [2.05, 4.69) is 0 Å². The maximum Gasteiger partial charge on any atom is 0.243 e. The minimum absolute atomic E-state index is 0.145.